The number of benzene rings is 2. The molecule has 0 fully saturated rings. The van der Waals surface area contributed by atoms with Gasteiger partial charge in [-0.2, -0.15) is 0 Å². The summed E-state index contributed by atoms with van der Waals surface area (Å²) in [6.45, 7) is 1.72. The molecule has 1 unspecified atom stereocenters. The van der Waals surface area contributed by atoms with Gasteiger partial charge in [0, 0.05) is 39.3 Å². The predicted octanol–water partition coefficient (Wildman–Crippen LogP) is 4.11. The third kappa shape index (κ3) is 5.70. The summed E-state index contributed by atoms with van der Waals surface area (Å²) >= 11 is 12.0. The fourth-order valence-electron chi connectivity index (χ4n) is 2.49. The van der Waals surface area contributed by atoms with Gasteiger partial charge in [0.2, 0.25) is 0 Å². The molecule has 0 bridgehead atoms. The summed E-state index contributed by atoms with van der Waals surface area (Å²) in [5, 5.41) is 15.1. The number of amides is 1. The van der Waals surface area contributed by atoms with Gasteiger partial charge in [0.1, 0.15) is 6.29 Å². The van der Waals surface area contributed by atoms with Crippen molar-refractivity contribution < 1.29 is 19.5 Å². The van der Waals surface area contributed by atoms with Crippen LogP contribution in [0.15, 0.2) is 42.5 Å². The molecule has 6 nitrogen and oxygen atoms in total. The number of carbonyl (C=O) groups excluding carboxylic acids is 2. The molecule has 3 N–H and O–H groups in total. The van der Waals surface area contributed by atoms with E-state index in [-0.39, 0.29) is 12.3 Å². The molecule has 2 aromatic rings. The average Bonchev–Trinajstić information content (AvgIpc) is 2.64. The maximum atomic E-state index is 12.9. The molecule has 0 saturated heterocycles. The molecule has 0 heterocycles. The van der Waals surface area contributed by atoms with E-state index in [1.165, 1.54) is 6.07 Å². The Balaban J connectivity index is 2.28. The van der Waals surface area contributed by atoms with E-state index in [2.05, 4.69) is 10.6 Å². The molecular formula is C19H18Cl2N2O4. The number of nitrogens with one attached hydrogen (secondary N) is 2. The summed E-state index contributed by atoms with van der Waals surface area (Å²) in [6, 6.07) is 10.6. The Kier molecular flexibility index (Phi) is 7.21. The molecule has 0 aliphatic carbocycles. The van der Waals surface area contributed by atoms with E-state index in [0.29, 0.717) is 33.1 Å². The number of hydrogen-bond acceptors (Lipinski definition) is 4. The minimum Gasteiger partial charge on any atom is -0.465 e. The summed E-state index contributed by atoms with van der Waals surface area (Å²) in [5.41, 5.74) is 1.19. The highest BCUT2D eigenvalue weighted by Crippen LogP contribution is 2.25. The molecule has 0 aliphatic heterocycles. The lowest BCUT2D eigenvalue weighted by Gasteiger charge is -2.22. The van der Waals surface area contributed by atoms with Gasteiger partial charge < -0.3 is 20.5 Å². The monoisotopic (exact) mass is 408 g/mol. The Labute approximate surface area is 166 Å². The molecule has 142 valence electrons. The molecule has 8 heteroatoms. The maximum Gasteiger partial charge on any atom is 0.404 e. The lowest BCUT2D eigenvalue weighted by Crippen LogP contribution is -2.44. The van der Waals surface area contributed by atoms with Gasteiger partial charge in [-0.25, -0.2) is 4.79 Å². The number of halogens is 2. The molecule has 2 aromatic carbocycles. The van der Waals surface area contributed by atoms with Crippen LogP contribution in [0.3, 0.4) is 0 Å². The van der Waals surface area contributed by atoms with E-state index in [1.54, 1.807) is 43.3 Å². The van der Waals surface area contributed by atoms with Crippen LogP contribution in [-0.4, -0.2) is 35.9 Å². The minimum atomic E-state index is -1.23. The van der Waals surface area contributed by atoms with Crippen LogP contribution in [0.4, 0.5) is 10.5 Å². The van der Waals surface area contributed by atoms with Crippen LogP contribution in [0.25, 0.3) is 0 Å². The molecule has 27 heavy (non-hydrogen) atoms. The molecule has 0 aromatic heterocycles. The molecule has 0 radical (unpaired) electrons. The summed E-state index contributed by atoms with van der Waals surface area (Å²) < 4.78 is 0. The molecule has 0 spiro atoms. The van der Waals surface area contributed by atoms with Gasteiger partial charge in [0.25, 0.3) is 0 Å². The summed E-state index contributed by atoms with van der Waals surface area (Å²) in [7, 11) is 0. The quantitative estimate of drug-likeness (QED) is 0.451. The largest absolute Gasteiger partial charge is 0.465 e. The van der Waals surface area contributed by atoms with Gasteiger partial charge in [-0.1, -0.05) is 42.3 Å². The van der Waals surface area contributed by atoms with Crippen LogP contribution < -0.4 is 10.6 Å². The molecule has 2 rings (SSSR count). The van der Waals surface area contributed by atoms with E-state index < -0.39 is 18.1 Å². The highest BCUT2D eigenvalue weighted by molar-refractivity contribution is 6.32. The summed E-state index contributed by atoms with van der Waals surface area (Å²) in [4.78, 5) is 34.8. The average molecular weight is 409 g/mol. The van der Waals surface area contributed by atoms with E-state index in [0.717, 1.165) is 0 Å². The van der Waals surface area contributed by atoms with Gasteiger partial charge in [-0.05, 0) is 30.3 Å². The SMILES string of the molecule is C[C@H](C=O)C(CNc1ccc(Cl)cc1C(=O)c1cccc(Cl)c1)NC(=O)O. The first-order valence-electron chi connectivity index (χ1n) is 8.10. The number of rotatable bonds is 8. The van der Waals surface area contributed by atoms with Crippen LogP contribution in [0.1, 0.15) is 22.8 Å². The van der Waals surface area contributed by atoms with Crippen molar-refractivity contribution in [1.82, 2.24) is 5.32 Å². The number of carboxylic acid groups (broad SMARTS) is 1. The Bertz CT molecular complexity index is 857. The van der Waals surface area contributed by atoms with Crippen LogP contribution in [0, 0.1) is 5.92 Å². The van der Waals surface area contributed by atoms with Gasteiger partial charge >= 0.3 is 6.09 Å². The van der Waals surface area contributed by atoms with Crippen LogP contribution in [0.2, 0.25) is 10.0 Å². The van der Waals surface area contributed by atoms with Crippen LogP contribution in [-0.2, 0) is 4.79 Å². The van der Waals surface area contributed by atoms with E-state index in [4.69, 9.17) is 28.3 Å². The van der Waals surface area contributed by atoms with Crippen molar-refractivity contribution >= 4 is 47.1 Å². The minimum absolute atomic E-state index is 0.115. The zero-order chi connectivity index (χ0) is 20.0. The standard InChI is InChI=1S/C19H18Cl2N2O4/c1-11(10-24)17(23-19(26)27)9-22-16-6-5-14(21)8-15(16)18(25)12-3-2-4-13(20)7-12/h2-8,10-11,17,22-23H,9H2,1H3,(H,26,27)/t11-,17?/m1/s1. The van der Waals surface area contributed by atoms with Crippen molar-refractivity contribution in [1.29, 1.82) is 0 Å². The second-order valence-corrected chi connectivity index (χ2v) is 6.83. The molecule has 0 aliphatic rings. The fourth-order valence-corrected chi connectivity index (χ4v) is 2.85. The van der Waals surface area contributed by atoms with Crippen LogP contribution >= 0.6 is 23.2 Å². The van der Waals surface area contributed by atoms with Crippen molar-refractivity contribution in [2.45, 2.75) is 13.0 Å². The Morgan fingerprint density at radius 2 is 1.85 bits per heavy atom. The first-order chi connectivity index (χ1) is 12.8. The summed E-state index contributed by atoms with van der Waals surface area (Å²) in [6.07, 6.45) is -0.566. The zero-order valence-corrected chi connectivity index (χ0v) is 15.9. The van der Waals surface area contributed by atoms with Crippen molar-refractivity contribution in [3.63, 3.8) is 0 Å². The van der Waals surface area contributed by atoms with Gasteiger partial charge in [0.05, 0.1) is 6.04 Å². The number of carbonyl (C=O) groups is 3. The molecule has 1 amide bonds. The first-order valence-corrected chi connectivity index (χ1v) is 8.86. The lowest BCUT2D eigenvalue weighted by atomic mass is 10.0. The second kappa shape index (κ2) is 9.39. The predicted molar refractivity (Wildman–Crippen MR) is 105 cm³/mol. The highest BCUT2D eigenvalue weighted by Gasteiger charge is 2.20. The second-order valence-electron chi connectivity index (χ2n) is 5.96. The molecular weight excluding hydrogens is 391 g/mol. The van der Waals surface area contributed by atoms with E-state index >= 15 is 0 Å². The number of aldehydes is 1. The van der Waals surface area contributed by atoms with Crippen LogP contribution in [0.5, 0.6) is 0 Å². The first kappa shape index (κ1) is 20.7. The van der Waals surface area contributed by atoms with Crippen molar-refractivity contribution in [3.8, 4) is 0 Å². The third-order valence-electron chi connectivity index (χ3n) is 3.98. The zero-order valence-electron chi connectivity index (χ0n) is 14.4. The fraction of sp³-hybridized carbons (Fsp3) is 0.211. The molecule has 2 atom stereocenters. The van der Waals surface area contributed by atoms with Crippen molar-refractivity contribution in [3.05, 3.63) is 63.6 Å². The van der Waals surface area contributed by atoms with E-state index in [9.17, 15) is 14.4 Å². The maximum absolute atomic E-state index is 12.9. The number of ketones is 1. The Morgan fingerprint density at radius 3 is 2.48 bits per heavy atom. The summed E-state index contributed by atoms with van der Waals surface area (Å²) in [5.74, 6) is -0.832. The van der Waals surface area contributed by atoms with Crippen molar-refractivity contribution in [2.75, 3.05) is 11.9 Å². The molecule has 0 saturated carbocycles. The van der Waals surface area contributed by atoms with Gasteiger partial charge in [-0.3, -0.25) is 4.79 Å². The smallest absolute Gasteiger partial charge is 0.404 e. The van der Waals surface area contributed by atoms with Crippen molar-refractivity contribution in [2.24, 2.45) is 5.92 Å². The number of hydrogen-bond donors (Lipinski definition) is 3. The normalized spacial score (nSPS) is 12.7. The highest BCUT2D eigenvalue weighted by atomic mass is 35.5. The topological polar surface area (TPSA) is 95.5 Å². The Morgan fingerprint density at radius 1 is 1.15 bits per heavy atom. The van der Waals surface area contributed by atoms with Gasteiger partial charge in [0.15, 0.2) is 5.78 Å². The number of anilines is 1. The van der Waals surface area contributed by atoms with Gasteiger partial charge in [-0.15, -0.1) is 0 Å². The van der Waals surface area contributed by atoms with E-state index in [1.807, 2.05) is 0 Å². The lowest BCUT2D eigenvalue weighted by molar-refractivity contribution is -0.111. The third-order valence-corrected chi connectivity index (χ3v) is 4.45. The Hall–Kier alpha value is -2.57.